The van der Waals surface area contributed by atoms with Gasteiger partial charge in [-0.1, -0.05) is 83.1 Å². The number of phosphoric acid groups is 3. The molecule has 22 nitrogen and oxygen atoms in total. The maximum Gasteiger partial charge on any atom is 0.508 e. The first-order chi connectivity index (χ1) is 23.9. The zero-order chi connectivity index (χ0) is 44.9. The van der Waals surface area contributed by atoms with Crippen molar-refractivity contribution in [2.24, 2.45) is 21.7 Å². The summed E-state index contributed by atoms with van der Waals surface area (Å²) in [5, 5.41) is 0. The molecule has 2 atom stereocenters. The van der Waals surface area contributed by atoms with Crippen molar-refractivity contribution in [3.63, 3.8) is 0 Å². The molecule has 7 N–H and O–H groups in total. The van der Waals surface area contributed by atoms with E-state index in [0.717, 1.165) is 0 Å². The van der Waals surface area contributed by atoms with E-state index in [9.17, 15) is 32.6 Å². The van der Waals surface area contributed by atoms with Crippen LogP contribution >= 0.6 is 31.1 Å². The van der Waals surface area contributed by atoms with Gasteiger partial charge in [-0.2, -0.15) is 0 Å². The number of carbonyl (C=O) groups excluding carboxylic acids is 3. The predicted octanol–water partition coefficient (Wildman–Crippen LogP) is 4.92. The Kier molecular flexibility index (Phi) is 28.5. The Balaban J connectivity index is -0.000000320. The molecular weight excluding hydrogens is 824 g/mol. The Morgan fingerprint density at radius 1 is 0.491 bits per heavy atom. The summed E-state index contributed by atoms with van der Waals surface area (Å²) in [6.07, 6.45) is -1.79. The van der Waals surface area contributed by atoms with Crippen molar-refractivity contribution in [3.05, 3.63) is 0 Å². The summed E-state index contributed by atoms with van der Waals surface area (Å²) in [6, 6.07) is 0. The standard InChI is InChI=1S/C9H19O7P.2C7H15O6P.C6H15O3P/c1-7(16-17(11,12)13)5-14-8(10)15-6-9(2,3)4;2*1-7(2,3)5-12-6(8)4-13-14(9,10)11;1-6(2,3)5-9-10(4,7)8/h7H,5-6H2,1-4H3,(H2,11,12,13);2*4-5H2,1-3H3,(H2,9,10,11);5H2,1-4H3,(H,7,8). The molecule has 0 aliphatic heterocycles. The molecule has 0 aromatic carbocycles. The Bertz CT molecular complexity index is 1250. The van der Waals surface area contributed by atoms with E-state index in [1.54, 1.807) is 0 Å². The minimum Gasteiger partial charge on any atom is -0.463 e. The second kappa shape index (κ2) is 25.9. The van der Waals surface area contributed by atoms with Crippen LogP contribution in [0.15, 0.2) is 0 Å². The van der Waals surface area contributed by atoms with Gasteiger partial charge in [0.1, 0.15) is 12.7 Å². The molecular formula is C29H64O22P4. The molecule has 0 aliphatic carbocycles. The molecule has 0 heterocycles. The van der Waals surface area contributed by atoms with Crippen molar-refractivity contribution >= 4 is 49.2 Å². The highest BCUT2D eigenvalue weighted by Crippen LogP contribution is 2.39. The monoisotopic (exact) mass is 888 g/mol. The maximum atomic E-state index is 11.1. The van der Waals surface area contributed by atoms with Crippen molar-refractivity contribution in [1.29, 1.82) is 0 Å². The third kappa shape index (κ3) is 64.9. The lowest BCUT2D eigenvalue weighted by molar-refractivity contribution is -0.149. The highest BCUT2D eigenvalue weighted by molar-refractivity contribution is 7.51. The van der Waals surface area contributed by atoms with E-state index in [-0.39, 0.29) is 48.1 Å². The van der Waals surface area contributed by atoms with E-state index >= 15 is 0 Å². The van der Waals surface area contributed by atoms with Crippen LogP contribution in [-0.2, 0) is 64.9 Å². The molecule has 0 rings (SSSR count). The molecule has 2 unspecified atom stereocenters. The van der Waals surface area contributed by atoms with Gasteiger partial charge in [-0.05, 0) is 28.6 Å². The van der Waals surface area contributed by atoms with Gasteiger partial charge in [-0.3, -0.25) is 18.1 Å². The van der Waals surface area contributed by atoms with Crippen LogP contribution in [0.5, 0.6) is 0 Å². The van der Waals surface area contributed by atoms with Gasteiger partial charge in [0.05, 0.1) is 26.4 Å². The second-order valence-electron chi connectivity index (χ2n) is 16.4. The minimum absolute atomic E-state index is 0.0472. The first-order valence-corrected chi connectivity index (χ1v) is 22.7. The lowest BCUT2D eigenvalue weighted by atomic mass is 9.99. The Hall–Kier alpha value is -1.31. The SMILES string of the molecule is CC(C)(C)COC(=O)COP(=O)(O)O.CC(C)(C)COC(=O)COP(=O)(O)O.CC(C)(C)COP(C)(=O)O.CC(COC(=O)OCC(C)(C)C)OP(=O)(O)O. The molecule has 0 aromatic heterocycles. The summed E-state index contributed by atoms with van der Waals surface area (Å²) in [7, 11) is -17.0. The van der Waals surface area contributed by atoms with Gasteiger partial charge in [0, 0.05) is 6.66 Å². The first kappa shape index (κ1) is 60.4. The fourth-order valence-electron chi connectivity index (χ4n) is 2.03. The van der Waals surface area contributed by atoms with Gasteiger partial charge in [-0.15, -0.1) is 0 Å². The summed E-state index contributed by atoms with van der Waals surface area (Å²) in [5.41, 5.74) is -0.586. The Labute approximate surface area is 323 Å². The topological polar surface area (TPSA) is 335 Å². The van der Waals surface area contributed by atoms with Gasteiger partial charge in [-0.25, -0.2) is 28.1 Å². The molecule has 0 aromatic rings. The summed E-state index contributed by atoms with van der Waals surface area (Å²) < 4.78 is 77.1. The number of ether oxygens (including phenoxy) is 4. The van der Waals surface area contributed by atoms with E-state index in [4.69, 9.17) is 53.0 Å². The molecule has 0 aliphatic rings. The normalized spacial score (nSPS) is 14.2. The van der Waals surface area contributed by atoms with Crippen LogP contribution in [0.2, 0.25) is 0 Å². The summed E-state index contributed by atoms with van der Waals surface area (Å²) in [4.78, 5) is 91.5. The highest BCUT2D eigenvalue weighted by Gasteiger charge is 2.22. The minimum atomic E-state index is -4.58. The summed E-state index contributed by atoms with van der Waals surface area (Å²) in [5.74, 6) is -1.58. The van der Waals surface area contributed by atoms with Gasteiger partial charge >= 0.3 is 49.2 Å². The van der Waals surface area contributed by atoms with Crippen molar-refractivity contribution in [2.45, 2.75) is 96.1 Å². The number of hydrogen-bond donors (Lipinski definition) is 7. The van der Waals surface area contributed by atoms with Crippen LogP contribution in [0.3, 0.4) is 0 Å². The highest BCUT2D eigenvalue weighted by atomic mass is 31.2. The predicted molar refractivity (Wildman–Crippen MR) is 197 cm³/mol. The van der Waals surface area contributed by atoms with E-state index in [1.807, 2.05) is 83.1 Å². The van der Waals surface area contributed by atoms with Crippen molar-refractivity contribution in [3.8, 4) is 0 Å². The van der Waals surface area contributed by atoms with Crippen LogP contribution in [0.25, 0.3) is 0 Å². The number of rotatable bonds is 15. The fraction of sp³-hybridized carbons (Fsp3) is 0.897. The molecule has 55 heavy (non-hydrogen) atoms. The third-order valence-electron chi connectivity index (χ3n) is 4.15. The third-order valence-corrected chi connectivity index (χ3v) is 6.32. The molecule has 0 fully saturated rings. The van der Waals surface area contributed by atoms with Crippen LogP contribution in [0.4, 0.5) is 4.79 Å². The van der Waals surface area contributed by atoms with Gasteiger partial charge in [0.2, 0.25) is 0 Å². The first-order valence-electron chi connectivity index (χ1n) is 16.1. The van der Waals surface area contributed by atoms with Crippen LogP contribution < -0.4 is 0 Å². The molecule has 0 saturated heterocycles. The smallest absolute Gasteiger partial charge is 0.463 e. The second-order valence-corrected chi connectivity index (χ2v) is 22.0. The van der Waals surface area contributed by atoms with Crippen LogP contribution in [-0.4, -0.2) is 111 Å². The molecule has 0 amide bonds. The molecule has 332 valence electrons. The molecule has 0 saturated carbocycles. The number of carbonyl (C=O) groups is 3. The number of phosphoric ester groups is 3. The van der Waals surface area contributed by atoms with E-state index < -0.39 is 68.5 Å². The van der Waals surface area contributed by atoms with Crippen molar-refractivity contribution in [1.82, 2.24) is 0 Å². The Morgan fingerprint density at radius 2 is 0.800 bits per heavy atom. The Morgan fingerprint density at radius 3 is 1.04 bits per heavy atom. The maximum absolute atomic E-state index is 11.1. The van der Waals surface area contributed by atoms with Gasteiger partial charge in [0.15, 0.2) is 13.2 Å². The molecule has 0 spiro atoms. The lowest BCUT2D eigenvalue weighted by Crippen LogP contribution is -2.22. The van der Waals surface area contributed by atoms with Crippen LogP contribution in [0.1, 0.15) is 90.0 Å². The number of esters is 2. The summed E-state index contributed by atoms with van der Waals surface area (Å²) in [6.45, 7) is 24.4. The average molecular weight is 889 g/mol. The number of hydrogen-bond acceptors (Lipinski definition) is 15. The summed E-state index contributed by atoms with van der Waals surface area (Å²) >= 11 is 0. The molecule has 0 radical (unpaired) electrons. The van der Waals surface area contributed by atoms with E-state index in [2.05, 4.69) is 18.3 Å². The van der Waals surface area contributed by atoms with Gasteiger partial charge < -0.3 is 57.7 Å². The zero-order valence-electron chi connectivity index (χ0n) is 34.1. The molecule has 0 bridgehead atoms. The van der Waals surface area contributed by atoms with Crippen LogP contribution in [0, 0.1) is 21.7 Å². The van der Waals surface area contributed by atoms with Crippen molar-refractivity contribution in [2.75, 3.05) is 52.9 Å². The fourth-order valence-corrected chi connectivity index (χ4v) is 3.74. The average Bonchev–Trinajstić information content (AvgIpc) is 2.91. The largest absolute Gasteiger partial charge is 0.508 e. The van der Waals surface area contributed by atoms with E-state index in [0.29, 0.717) is 6.61 Å². The van der Waals surface area contributed by atoms with Crippen molar-refractivity contribution < 1.29 is 104 Å². The zero-order valence-corrected chi connectivity index (χ0v) is 37.6. The van der Waals surface area contributed by atoms with Gasteiger partial charge in [0.25, 0.3) is 0 Å². The molecule has 26 heteroatoms. The lowest BCUT2D eigenvalue weighted by Gasteiger charge is -2.18. The quantitative estimate of drug-likeness (QED) is 0.0652. The van der Waals surface area contributed by atoms with E-state index in [1.165, 1.54) is 13.6 Å².